The van der Waals surface area contributed by atoms with E-state index in [2.05, 4.69) is 15.3 Å². The highest BCUT2D eigenvalue weighted by molar-refractivity contribution is 6.10. The van der Waals surface area contributed by atoms with Crippen LogP contribution in [0, 0.1) is 0 Å². The number of carbonyl (C=O) groups excluding carboxylic acids is 2. The fourth-order valence-corrected chi connectivity index (χ4v) is 2.25. The normalized spacial score (nSPS) is 27.3. The van der Waals surface area contributed by atoms with Gasteiger partial charge in [0.05, 0.1) is 18.1 Å². The minimum atomic E-state index is -0.863. The van der Waals surface area contributed by atoms with Gasteiger partial charge in [-0.15, -0.1) is 0 Å². The number of amides is 2. The monoisotopic (exact) mass is 262 g/mol. The summed E-state index contributed by atoms with van der Waals surface area (Å²) in [6, 6.07) is -0.502. The van der Waals surface area contributed by atoms with Crippen LogP contribution in [0.15, 0.2) is 18.7 Å². The number of nitrogens with one attached hydrogen (secondary N) is 1. The Kier molecular flexibility index (Phi) is 3.50. The van der Waals surface area contributed by atoms with Crippen molar-refractivity contribution in [2.75, 3.05) is 4.90 Å². The van der Waals surface area contributed by atoms with Gasteiger partial charge in [-0.1, -0.05) is 13.8 Å². The smallest absolute Gasteiger partial charge is 0.253 e. The Bertz CT molecular complexity index is 491. The van der Waals surface area contributed by atoms with Gasteiger partial charge in [0, 0.05) is 0 Å². The first-order chi connectivity index (χ1) is 9.03. The third kappa shape index (κ3) is 2.18. The molecule has 1 N–H and O–H groups in total. The molecule has 1 saturated heterocycles. The average molecular weight is 262 g/mol. The molecule has 6 heteroatoms. The first kappa shape index (κ1) is 13.5. The molecule has 1 fully saturated rings. The van der Waals surface area contributed by atoms with Crippen molar-refractivity contribution in [1.82, 2.24) is 15.3 Å². The van der Waals surface area contributed by atoms with Crippen molar-refractivity contribution in [1.29, 1.82) is 0 Å². The SMILES string of the molecule is CCC1C(=O)NC(C)(CC)C(=O)N1c1cncnc1. The molecule has 0 spiro atoms. The van der Waals surface area contributed by atoms with Crippen molar-refractivity contribution < 1.29 is 9.59 Å². The molecule has 2 amide bonds. The first-order valence-electron chi connectivity index (χ1n) is 6.44. The van der Waals surface area contributed by atoms with E-state index in [1.807, 2.05) is 13.8 Å². The zero-order valence-corrected chi connectivity index (χ0v) is 11.4. The molecule has 1 aliphatic rings. The standard InChI is InChI=1S/C13H18N4O2/c1-4-10-11(18)16-13(3,5-2)12(19)17(10)9-6-14-8-15-7-9/h6-8,10H,4-5H2,1-3H3,(H,16,18). The van der Waals surface area contributed by atoms with Crippen LogP contribution >= 0.6 is 0 Å². The summed E-state index contributed by atoms with van der Waals surface area (Å²) in [5.41, 5.74) is -0.299. The van der Waals surface area contributed by atoms with E-state index >= 15 is 0 Å². The molecule has 2 atom stereocenters. The summed E-state index contributed by atoms with van der Waals surface area (Å²) >= 11 is 0. The zero-order valence-electron chi connectivity index (χ0n) is 11.4. The van der Waals surface area contributed by atoms with Crippen molar-refractivity contribution >= 4 is 17.5 Å². The molecule has 2 heterocycles. The van der Waals surface area contributed by atoms with E-state index in [1.54, 1.807) is 19.3 Å². The fraction of sp³-hybridized carbons (Fsp3) is 0.538. The zero-order chi connectivity index (χ0) is 14.0. The van der Waals surface area contributed by atoms with Crippen molar-refractivity contribution in [3.8, 4) is 0 Å². The maximum atomic E-state index is 12.6. The molecule has 102 valence electrons. The van der Waals surface area contributed by atoms with Crippen molar-refractivity contribution in [3.05, 3.63) is 18.7 Å². The number of anilines is 1. The lowest BCUT2D eigenvalue weighted by Gasteiger charge is -2.43. The van der Waals surface area contributed by atoms with E-state index in [0.29, 0.717) is 18.5 Å². The molecule has 0 saturated carbocycles. The Balaban J connectivity index is 2.46. The van der Waals surface area contributed by atoms with Crippen molar-refractivity contribution in [2.24, 2.45) is 0 Å². The van der Waals surface area contributed by atoms with Crippen LogP contribution < -0.4 is 10.2 Å². The fourth-order valence-electron chi connectivity index (χ4n) is 2.25. The maximum Gasteiger partial charge on any atom is 0.253 e. The van der Waals surface area contributed by atoms with Crippen LogP contribution in [0.5, 0.6) is 0 Å². The Morgan fingerprint density at radius 1 is 1.32 bits per heavy atom. The van der Waals surface area contributed by atoms with Crippen molar-refractivity contribution in [3.63, 3.8) is 0 Å². The van der Waals surface area contributed by atoms with Gasteiger partial charge in [-0.05, 0) is 19.8 Å². The Morgan fingerprint density at radius 3 is 2.47 bits per heavy atom. The second kappa shape index (κ2) is 4.95. The number of piperazine rings is 1. The molecule has 19 heavy (non-hydrogen) atoms. The summed E-state index contributed by atoms with van der Waals surface area (Å²) in [6.07, 6.45) is 5.60. The van der Waals surface area contributed by atoms with E-state index in [0.717, 1.165) is 0 Å². The molecular formula is C13H18N4O2. The molecular weight excluding hydrogens is 244 g/mol. The van der Waals surface area contributed by atoms with Crippen LogP contribution in [0.25, 0.3) is 0 Å². The van der Waals surface area contributed by atoms with Gasteiger partial charge in [-0.3, -0.25) is 14.5 Å². The van der Waals surface area contributed by atoms with Crippen LogP contribution in [0.2, 0.25) is 0 Å². The Morgan fingerprint density at radius 2 is 1.95 bits per heavy atom. The summed E-state index contributed by atoms with van der Waals surface area (Å²) in [5, 5.41) is 2.82. The predicted octanol–water partition coefficient (Wildman–Crippen LogP) is 0.887. The number of hydrogen-bond acceptors (Lipinski definition) is 4. The van der Waals surface area contributed by atoms with Gasteiger partial charge in [0.1, 0.15) is 17.9 Å². The molecule has 0 radical (unpaired) electrons. The molecule has 1 aromatic rings. The third-order valence-electron chi connectivity index (χ3n) is 3.62. The molecule has 0 aliphatic carbocycles. The maximum absolute atomic E-state index is 12.6. The number of aromatic nitrogens is 2. The summed E-state index contributed by atoms with van der Waals surface area (Å²) in [6.45, 7) is 5.50. The molecule has 2 rings (SSSR count). The lowest BCUT2D eigenvalue weighted by atomic mass is 9.91. The van der Waals surface area contributed by atoms with Gasteiger partial charge < -0.3 is 5.32 Å². The van der Waals surface area contributed by atoms with E-state index in [4.69, 9.17) is 0 Å². The quantitative estimate of drug-likeness (QED) is 0.877. The van der Waals surface area contributed by atoms with Crippen LogP contribution in [0.3, 0.4) is 0 Å². The topological polar surface area (TPSA) is 75.2 Å². The number of carbonyl (C=O) groups is 2. The molecule has 1 aromatic heterocycles. The summed E-state index contributed by atoms with van der Waals surface area (Å²) in [7, 11) is 0. The van der Waals surface area contributed by atoms with Gasteiger partial charge in [0.2, 0.25) is 5.91 Å². The summed E-state index contributed by atoms with van der Waals surface area (Å²) in [4.78, 5) is 34.2. The highest BCUT2D eigenvalue weighted by atomic mass is 16.2. The Labute approximate surface area is 112 Å². The molecule has 1 aliphatic heterocycles. The van der Waals surface area contributed by atoms with Gasteiger partial charge >= 0.3 is 0 Å². The van der Waals surface area contributed by atoms with Gasteiger partial charge in [0.15, 0.2) is 0 Å². The van der Waals surface area contributed by atoms with Gasteiger partial charge in [-0.25, -0.2) is 9.97 Å². The van der Waals surface area contributed by atoms with Crippen LogP contribution in [0.4, 0.5) is 5.69 Å². The molecule has 2 unspecified atom stereocenters. The number of nitrogens with zero attached hydrogens (tertiary/aromatic N) is 3. The minimum Gasteiger partial charge on any atom is -0.340 e. The van der Waals surface area contributed by atoms with E-state index in [1.165, 1.54) is 11.2 Å². The molecule has 0 aromatic carbocycles. The average Bonchev–Trinajstić information content (AvgIpc) is 2.43. The molecule has 0 bridgehead atoms. The van der Waals surface area contributed by atoms with Gasteiger partial charge in [-0.2, -0.15) is 0 Å². The van der Waals surface area contributed by atoms with Crippen LogP contribution in [0.1, 0.15) is 33.6 Å². The lowest BCUT2D eigenvalue weighted by Crippen LogP contribution is -2.69. The number of rotatable bonds is 3. The number of hydrogen-bond donors (Lipinski definition) is 1. The van der Waals surface area contributed by atoms with Crippen molar-refractivity contribution in [2.45, 2.75) is 45.2 Å². The minimum absolute atomic E-state index is 0.115. The Hall–Kier alpha value is -1.98. The largest absolute Gasteiger partial charge is 0.340 e. The summed E-state index contributed by atoms with van der Waals surface area (Å²) in [5.74, 6) is -0.244. The van der Waals surface area contributed by atoms with E-state index in [9.17, 15) is 9.59 Å². The highest BCUT2D eigenvalue weighted by Crippen LogP contribution is 2.27. The first-order valence-corrected chi connectivity index (χ1v) is 6.44. The van der Waals surface area contributed by atoms with E-state index < -0.39 is 11.6 Å². The van der Waals surface area contributed by atoms with E-state index in [-0.39, 0.29) is 11.8 Å². The van der Waals surface area contributed by atoms with Crippen LogP contribution in [-0.2, 0) is 9.59 Å². The molecule has 6 nitrogen and oxygen atoms in total. The van der Waals surface area contributed by atoms with Gasteiger partial charge in [0.25, 0.3) is 5.91 Å². The summed E-state index contributed by atoms with van der Waals surface area (Å²) < 4.78 is 0. The lowest BCUT2D eigenvalue weighted by molar-refractivity contribution is -0.138. The third-order valence-corrected chi connectivity index (χ3v) is 3.62. The predicted molar refractivity (Wildman–Crippen MR) is 70.4 cm³/mol. The highest BCUT2D eigenvalue weighted by Gasteiger charge is 2.47. The second-order valence-corrected chi connectivity index (χ2v) is 4.87. The van der Waals surface area contributed by atoms with Crippen LogP contribution in [-0.4, -0.2) is 33.4 Å². The second-order valence-electron chi connectivity index (χ2n) is 4.87.